The van der Waals surface area contributed by atoms with Gasteiger partial charge in [-0.15, -0.1) is 0 Å². The van der Waals surface area contributed by atoms with Crippen LogP contribution in [0.1, 0.15) is 11.8 Å². The van der Waals surface area contributed by atoms with Gasteiger partial charge in [-0.25, -0.2) is 9.50 Å². The standard InChI is InChI=1S/C11H16N4O5/c12-11-6-2-1-5(15(6)14-4-13-11)8(18)10(20)9(19)7(17)3-16/h1-2,4,7-10,16-20H,3H2,(H2,12,13,14)/t7?,8-,9+,10?/m0/s1. The number of nitrogen functional groups attached to an aromatic ring is 1. The predicted octanol–water partition coefficient (Wildman–Crippen LogP) is -2.58. The van der Waals surface area contributed by atoms with E-state index in [0.717, 1.165) is 0 Å². The Morgan fingerprint density at radius 3 is 2.50 bits per heavy atom. The molecule has 2 rings (SSSR count). The topological polar surface area (TPSA) is 157 Å². The van der Waals surface area contributed by atoms with E-state index in [1.807, 2.05) is 0 Å². The van der Waals surface area contributed by atoms with Gasteiger partial charge in [0.2, 0.25) is 0 Å². The van der Waals surface area contributed by atoms with Gasteiger partial charge in [0, 0.05) is 0 Å². The minimum Gasteiger partial charge on any atom is -0.394 e. The van der Waals surface area contributed by atoms with Crippen molar-refractivity contribution in [3.8, 4) is 0 Å². The Hall–Kier alpha value is -1.78. The fraction of sp³-hybridized carbons (Fsp3) is 0.455. The maximum Gasteiger partial charge on any atom is 0.151 e. The molecule has 0 spiro atoms. The molecular weight excluding hydrogens is 268 g/mol. The largest absolute Gasteiger partial charge is 0.394 e. The molecule has 110 valence electrons. The molecule has 2 unspecified atom stereocenters. The average molecular weight is 284 g/mol. The molecule has 0 saturated carbocycles. The highest BCUT2D eigenvalue weighted by molar-refractivity contribution is 5.65. The van der Waals surface area contributed by atoms with Gasteiger partial charge in [0.05, 0.1) is 12.3 Å². The molecule has 4 atom stereocenters. The van der Waals surface area contributed by atoms with Crippen molar-refractivity contribution >= 4 is 11.3 Å². The number of hydrogen-bond donors (Lipinski definition) is 6. The summed E-state index contributed by atoms with van der Waals surface area (Å²) >= 11 is 0. The van der Waals surface area contributed by atoms with Crippen LogP contribution in [0.2, 0.25) is 0 Å². The Morgan fingerprint density at radius 2 is 1.85 bits per heavy atom. The number of aliphatic hydroxyl groups excluding tert-OH is 5. The van der Waals surface area contributed by atoms with E-state index in [9.17, 15) is 20.4 Å². The maximum atomic E-state index is 10.1. The zero-order valence-electron chi connectivity index (χ0n) is 10.4. The number of anilines is 1. The monoisotopic (exact) mass is 284 g/mol. The Balaban J connectivity index is 2.32. The summed E-state index contributed by atoms with van der Waals surface area (Å²) in [6.07, 6.45) is -5.32. The van der Waals surface area contributed by atoms with Crippen LogP contribution in [0.15, 0.2) is 18.5 Å². The van der Waals surface area contributed by atoms with E-state index in [1.165, 1.54) is 16.9 Å². The smallest absolute Gasteiger partial charge is 0.151 e. The first-order chi connectivity index (χ1) is 9.47. The third-order valence-electron chi connectivity index (χ3n) is 3.07. The Bertz CT molecular complexity index is 589. The summed E-state index contributed by atoms with van der Waals surface area (Å²) in [7, 11) is 0. The first-order valence-corrected chi connectivity index (χ1v) is 5.88. The summed E-state index contributed by atoms with van der Waals surface area (Å²) in [5, 5.41) is 51.4. The van der Waals surface area contributed by atoms with Crippen molar-refractivity contribution in [2.75, 3.05) is 12.3 Å². The molecule has 0 aromatic carbocycles. The summed E-state index contributed by atoms with van der Waals surface area (Å²) < 4.78 is 1.27. The summed E-state index contributed by atoms with van der Waals surface area (Å²) in [6, 6.07) is 3.02. The second-order valence-corrected chi connectivity index (χ2v) is 4.38. The van der Waals surface area contributed by atoms with Crippen LogP contribution in [0.3, 0.4) is 0 Å². The van der Waals surface area contributed by atoms with Gasteiger partial charge in [-0.3, -0.25) is 0 Å². The van der Waals surface area contributed by atoms with E-state index >= 15 is 0 Å². The fourth-order valence-corrected chi connectivity index (χ4v) is 1.89. The molecule has 2 heterocycles. The van der Waals surface area contributed by atoms with Gasteiger partial charge < -0.3 is 31.3 Å². The van der Waals surface area contributed by atoms with E-state index in [0.29, 0.717) is 5.52 Å². The number of fused-ring (bicyclic) bond motifs is 1. The van der Waals surface area contributed by atoms with Crippen LogP contribution in [0.25, 0.3) is 5.52 Å². The SMILES string of the molecule is Nc1ncnn2c([C@H](O)C(O)[C@H](O)C(O)CO)ccc12. The van der Waals surface area contributed by atoms with Crippen molar-refractivity contribution in [2.45, 2.75) is 24.4 Å². The van der Waals surface area contributed by atoms with Crippen molar-refractivity contribution in [1.82, 2.24) is 14.6 Å². The summed E-state index contributed by atoms with van der Waals surface area (Å²) in [6.45, 7) is -0.741. The lowest BCUT2D eigenvalue weighted by atomic mass is 10.0. The maximum absolute atomic E-state index is 10.1. The molecule has 7 N–H and O–H groups in total. The second-order valence-electron chi connectivity index (χ2n) is 4.38. The third-order valence-corrected chi connectivity index (χ3v) is 3.07. The van der Waals surface area contributed by atoms with E-state index in [2.05, 4.69) is 10.1 Å². The van der Waals surface area contributed by atoms with Crippen molar-refractivity contribution in [2.24, 2.45) is 0 Å². The Morgan fingerprint density at radius 1 is 1.15 bits per heavy atom. The Kier molecular flexibility index (Phi) is 4.16. The quantitative estimate of drug-likeness (QED) is 0.349. The molecule has 0 aliphatic heterocycles. The van der Waals surface area contributed by atoms with Crippen LogP contribution in [0, 0.1) is 0 Å². The van der Waals surface area contributed by atoms with Crippen molar-refractivity contribution in [3.05, 3.63) is 24.2 Å². The fourth-order valence-electron chi connectivity index (χ4n) is 1.89. The van der Waals surface area contributed by atoms with Gasteiger partial charge in [-0.1, -0.05) is 0 Å². The molecule has 0 saturated heterocycles. The van der Waals surface area contributed by atoms with Gasteiger partial charge in [0.1, 0.15) is 36.3 Å². The molecule has 0 bridgehead atoms. The highest BCUT2D eigenvalue weighted by atomic mass is 16.4. The first kappa shape index (κ1) is 14.6. The van der Waals surface area contributed by atoms with Crippen molar-refractivity contribution < 1.29 is 25.5 Å². The zero-order chi connectivity index (χ0) is 14.9. The molecule has 0 aliphatic carbocycles. The molecule has 2 aromatic rings. The van der Waals surface area contributed by atoms with Gasteiger partial charge in [-0.2, -0.15) is 5.10 Å². The van der Waals surface area contributed by atoms with E-state index in [4.69, 9.17) is 10.8 Å². The molecular formula is C11H16N4O5. The van der Waals surface area contributed by atoms with Crippen molar-refractivity contribution in [3.63, 3.8) is 0 Å². The highest BCUT2D eigenvalue weighted by Crippen LogP contribution is 2.23. The number of nitrogens with two attached hydrogens (primary N) is 1. The van der Waals surface area contributed by atoms with Crippen LogP contribution in [0.5, 0.6) is 0 Å². The number of aliphatic hydroxyl groups is 5. The minimum atomic E-state index is -1.71. The summed E-state index contributed by atoms with van der Waals surface area (Å²) in [5.41, 5.74) is 6.24. The normalized spacial score (nSPS) is 17.9. The molecule has 0 aliphatic rings. The van der Waals surface area contributed by atoms with Crippen LogP contribution in [0.4, 0.5) is 5.82 Å². The molecule has 0 amide bonds. The highest BCUT2D eigenvalue weighted by Gasteiger charge is 2.32. The average Bonchev–Trinajstić information content (AvgIpc) is 2.89. The number of rotatable bonds is 5. The summed E-state index contributed by atoms with van der Waals surface area (Å²) in [5.74, 6) is 0.198. The molecule has 9 nitrogen and oxygen atoms in total. The van der Waals surface area contributed by atoms with Crippen molar-refractivity contribution in [1.29, 1.82) is 0 Å². The zero-order valence-corrected chi connectivity index (χ0v) is 10.4. The minimum absolute atomic E-state index is 0.172. The molecule has 2 aromatic heterocycles. The number of hydrogen-bond acceptors (Lipinski definition) is 8. The van der Waals surface area contributed by atoms with Gasteiger partial charge >= 0.3 is 0 Å². The van der Waals surface area contributed by atoms with Gasteiger partial charge in [-0.05, 0) is 12.1 Å². The lowest BCUT2D eigenvalue weighted by molar-refractivity contribution is -0.117. The summed E-state index contributed by atoms with van der Waals surface area (Å²) in [4.78, 5) is 3.78. The van der Waals surface area contributed by atoms with Crippen LogP contribution < -0.4 is 5.73 Å². The number of nitrogens with zero attached hydrogens (tertiary/aromatic N) is 3. The third kappa shape index (κ3) is 2.44. The predicted molar refractivity (Wildman–Crippen MR) is 67.5 cm³/mol. The first-order valence-electron chi connectivity index (χ1n) is 5.88. The second kappa shape index (κ2) is 5.69. The van der Waals surface area contributed by atoms with Crippen LogP contribution in [-0.4, -0.2) is 65.0 Å². The number of aromatic nitrogens is 3. The molecule has 0 radical (unpaired) electrons. The van der Waals surface area contributed by atoms with Crippen LogP contribution >= 0.6 is 0 Å². The van der Waals surface area contributed by atoms with E-state index in [-0.39, 0.29) is 11.5 Å². The Labute approximate surface area is 113 Å². The van der Waals surface area contributed by atoms with E-state index in [1.54, 1.807) is 6.07 Å². The molecule has 9 heteroatoms. The lowest BCUT2D eigenvalue weighted by Crippen LogP contribution is -2.43. The van der Waals surface area contributed by atoms with Crippen LogP contribution in [-0.2, 0) is 0 Å². The van der Waals surface area contributed by atoms with Gasteiger partial charge in [0.15, 0.2) is 5.82 Å². The lowest BCUT2D eigenvalue weighted by Gasteiger charge is -2.25. The van der Waals surface area contributed by atoms with Gasteiger partial charge in [0.25, 0.3) is 0 Å². The molecule has 0 fully saturated rings. The van der Waals surface area contributed by atoms with E-state index < -0.39 is 31.0 Å². The molecule has 20 heavy (non-hydrogen) atoms.